The minimum Gasteiger partial charge on any atom is -0.258 e. The van der Waals surface area contributed by atoms with Gasteiger partial charge in [0.15, 0.2) is 0 Å². The van der Waals surface area contributed by atoms with Crippen LogP contribution in [0.15, 0.2) is 18.2 Å². The van der Waals surface area contributed by atoms with Crippen molar-refractivity contribution in [1.82, 2.24) is 4.98 Å². The zero-order chi connectivity index (χ0) is 12.8. The Morgan fingerprint density at radius 3 is 2.29 bits per heavy atom. The zero-order valence-corrected chi connectivity index (χ0v) is 13.2. The maximum atomic E-state index is 4.60. The number of rotatable bonds is 0. The quantitative estimate of drug-likeness (QED) is 0.631. The van der Waals surface area contributed by atoms with Crippen molar-refractivity contribution in [1.29, 1.82) is 0 Å². The molecule has 0 radical (unpaired) electrons. The molecule has 0 aliphatic rings. The van der Waals surface area contributed by atoms with Gasteiger partial charge in [-0.25, -0.2) is 0 Å². The fraction of sp³-hybridized carbons (Fsp3) is 0.400. The van der Waals surface area contributed by atoms with E-state index in [1.807, 2.05) is 0 Å². The second kappa shape index (κ2) is 4.23. The van der Waals surface area contributed by atoms with Crippen LogP contribution in [0.5, 0.6) is 0 Å². The number of hydrogen-bond acceptors (Lipinski definition) is 1. The molecule has 0 atom stereocenters. The number of aryl methyl sites for hydroxylation is 2. The number of pyridine rings is 1. The molecule has 0 unspecified atom stereocenters. The summed E-state index contributed by atoms with van der Waals surface area (Å²) in [5.41, 5.74) is 3.78. The fourth-order valence-electron chi connectivity index (χ4n) is 2.31. The minimum absolute atomic E-state index is 0.154. The van der Waals surface area contributed by atoms with Gasteiger partial charge in [0, 0.05) is 20.3 Å². The van der Waals surface area contributed by atoms with Crippen LogP contribution in [0.2, 0.25) is 0 Å². The van der Waals surface area contributed by atoms with E-state index in [-0.39, 0.29) is 5.41 Å². The van der Waals surface area contributed by atoms with Gasteiger partial charge in [0.1, 0.15) is 0 Å². The number of aromatic nitrogens is 1. The third kappa shape index (κ3) is 2.46. The molecule has 17 heavy (non-hydrogen) atoms. The summed E-state index contributed by atoms with van der Waals surface area (Å²) < 4.78 is 1.30. The van der Waals surface area contributed by atoms with Crippen LogP contribution in [-0.4, -0.2) is 4.98 Å². The number of benzene rings is 1. The van der Waals surface area contributed by atoms with Gasteiger partial charge >= 0.3 is 0 Å². The van der Waals surface area contributed by atoms with Crippen LogP contribution in [0.3, 0.4) is 0 Å². The molecule has 0 aliphatic carbocycles. The first kappa shape index (κ1) is 12.8. The molecule has 0 spiro atoms. The van der Waals surface area contributed by atoms with Gasteiger partial charge in [-0.05, 0) is 71.0 Å². The summed E-state index contributed by atoms with van der Waals surface area (Å²) in [5, 5.41) is 2.63. The Morgan fingerprint density at radius 1 is 1.06 bits per heavy atom. The van der Waals surface area contributed by atoms with E-state index in [1.165, 1.54) is 19.9 Å². The molecule has 1 aromatic carbocycles. The SMILES string of the molecule is Cc1cc2cc(I)cc(C(C)(C)C)c2c(C)n1. The lowest BCUT2D eigenvalue weighted by Crippen LogP contribution is -2.13. The Balaban J connectivity index is 2.93. The molecular weight excluding hydrogens is 321 g/mol. The lowest BCUT2D eigenvalue weighted by Gasteiger charge is -2.23. The van der Waals surface area contributed by atoms with Crippen LogP contribution in [0.1, 0.15) is 37.7 Å². The van der Waals surface area contributed by atoms with Gasteiger partial charge in [-0.1, -0.05) is 20.8 Å². The Morgan fingerprint density at radius 2 is 1.71 bits per heavy atom. The van der Waals surface area contributed by atoms with Crippen molar-refractivity contribution >= 4 is 33.4 Å². The van der Waals surface area contributed by atoms with E-state index in [0.717, 1.165) is 11.4 Å². The lowest BCUT2D eigenvalue weighted by atomic mass is 9.83. The van der Waals surface area contributed by atoms with Crippen molar-refractivity contribution in [2.24, 2.45) is 0 Å². The molecule has 0 aliphatic heterocycles. The summed E-state index contributed by atoms with van der Waals surface area (Å²) in [6.45, 7) is 11.0. The lowest BCUT2D eigenvalue weighted by molar-refractivity contribution is 0.595. The molecule has 0 saturated carbocycles. The number of halogens is 1. The number of hydrogen-bond donors (Lipinski definition) is 0. The van der Waals surface area contributed by atoms with Crippen molar-refractivity contribution in [3.63, 3.8) is 0 Å². The molecule has 2 aromatic rings. The minimum atomic E-state index is 0.154. The summed E-state index contributed by atoms with van der Waals surface area (Å²) in [6.07, 6.45) is 0. The van der Waals surface area contributed by atoms with Gasteiger partial charge in [-0.3, -0.25) is 4.98 Å². The molecule has 1 nitrogen and oxygen atoms in total. The van der Waals surface area contributed by atoms with E-state index in [4.69, 9.17) is 0 Å². The molecule has 2 heteroatoms. The average Bonchev–Trinajstić information content (AvgIpc) is 2.13. The number of nitrogens with zero attached hydrogens (tertiary/aromatic N) is 1. The smallest absolute Gasteiger partial charge is 0.0457 e. The normalized spacial score (nSPS) is 12.1. The zero-order valence-electron chi connectivity index (χ0n) is 11.1. The summed E-state index contributed by atoms with van der Waals surface area (Å²) >= 11 is 2.40. The highest BCUT2D eigenvalue weighted by Gasteiger charge is 2.19. The standard InChI is InChI=1S/C15H18IN/c1-9-6-11-7-12(16)8-13(15(3,4)5)14(11)10(2)17-9/h6-8H,1-5H3. The topological polar surface area (TPSA) is 12.9 Å². The van der Waals surface area contributed by atoms with Crippen molar-refractivity contribution < 1.29 is 0 Å². The van der Waals surface area contributed by atoms with Gasteiger partial charge in [0.2, 0.25) is 0 Å². The van der Waals surface area contributed by atoms with Gasteiger partial charge in [0.05, 0.1) is 0 Å². The van der Waals surface area contributed by atoms with E-state index in [2.05, 4.69) is 80.4 Å². The molecule has 0 amide bonds. The van der Waals surface area contributed by atoms with Crippen LogP contribution in [0, 0.1) is 17.4 Å². The van der Waals surface area contributed by atoms with Crippen LogP contribution in [-0.2, 0) is 5.41 Å². The van der Waals surface area contributed by atoms with E-state index in [9.17, 15) is 0 Å². The van der Waals surface area contributed by atoms with Crippen molar-refractivity contribution in [3.8, 4) is 0 Å². The molecule has 2 rings (SSSR count). The first-order valence-corrected chi connectivity index (χ1v) is 6.95. The molecule has 0 fully saturated rings. The second-order valence-corrected chi connectivity index (χ2v) is 6.90. The van der Waals surface area contributed by atoms with E-state index in [0.29, 0.717) is 0 Å². The average molecular weight is 339 g/mol. The Labute approximate surface area is 117 Å². The Kier molecular flexibility index (Phi) is 3.19. The molecular formula is C15H18IN. The third-order valence-electron chi connectivity index (χ3n) is 3.01. The Hall–Kier alpha value is -0.640. The Bertz CT molecular complexity index is 574. The largest absolute Gasteiger partial charge is 0.258 e. The highest BCUT2D eigenvalue weighted by Crippen LogP contribution is 2.33. The molecule has 0 N–H and O–H groups in total. The van der Waals surface area contributed by atoms with Gasteiger partial charge in [-0.15, -0.1) is 0 Å². The van der Waals surface area contributed by atoms with Gasteiger partial charge < -0.3 is 0 Å². The van der Waals surface area contributed by atoms with Crippen LogP contribution in [0.4, 0.5) is 0 Å². The van der Waals surface area contributed by atoms with Crippen LogP contribution < -0.4 is 0 Å². The third-order valence-corrected chi connectivity index (χ3v) is 3.63. The highest BCUT2D eigenvalue weighted by atomic mass is 127. The van der Waals surface area contributed by atoms with Crippen LogP contribution in [0.25, 0.3) is 10.8 Å². The second-order valence-electron chi connectivity index (χ2n) is 5.65. The first-order valence-electron chi connectivity index (χ1n) is 5.87. The molecule has 1 aromatic heterocycles. The maximum absolute atomic E-state index is 4.60. The van der Waals surface area contributed by atoms with Gasteiger partial charge in [-0.2, -0.15) is 0 Å². The van der Waals surface area contributed by atoms with E-state index in [1.54, 1.807) is 0 Å². The fourth-order valence-corrected chi connectivity index (χ4v) is 2.96. The van der Waals surface area contributed by atoms with Crippen LogP contribution >= 0.6 is 22.6 Å². The van der Waals surface area contributed by atoms with Crippen molar-refractivity contribution in [2.45, 2.75) is 40.0 Å². The summed E-state index contributed by atoms with van der Waals surface area (Å²) in [7, 11) is 0. The summed E-state index contributed by atoms with van der Waals surface area (Å²) in [5.74, 6) is 0. The predicted octanol–water partition coefficient (Wildman–Crippen LogP) is 4.75. The van der Waals surface area contributed by atoms with E-state index >= 15 is 0 Å². The van der Waals surface area contributed by atoms with Gasteiger partial charge in [0.25, 0.3) is 0 Å². The predicted molar refractivity (Wildman–Crippen MR) is 82.6 cm³/mol. The number of fused-ring (bicyclic) bond motifs is 1. The van der Waals surface area contributed by atoms with E-state index < -0.39 is 0 Å². The summed E-state index contributed by atoms with van der Waals surface area (Å²) in [4.78, 5) is 4.60. The monoisotopic (exact) mass is 339 g/mol. The first-order chi connectivity index (χ1) is 7.79. The maximum Gasteiger partial charge on any atom is 0.0457 e. The molecule has 1 heterocycles. The summed E-state index contributed by atoms with van der Waals surface area (Å²) in [6, 6.07) is 6.71. The highest BCUT2D eigenvalue weighted by molar-refractivity contribution is 14.1. The molecule has 0 saturated heterocycles. The van der Waals surface area contributed by atoms with Crippen molar-refractivity contribution in [2.75, 3.05) is 0 Å². The van der Waals surface area contributed by atoms with Crippen molar-refractivity contribution in [3.05, 3.63) is 38.7 Å². The molecule has 0 bridgehead atoms. The molecule has 90 valence electrons.